The molecule has 0 unspecified atom stereocenters. The third-order valence-electron chi connectivity index (χ3n) is 5.02. The van der Waals surface area contributed by atoms with E-state index in [-0.39, 0.29) is 11.4 Å². The number of aromatic nitrogens is 2. The lowest BCUT2D eigenvalue weighted by Crippen LogP contribution is -2.28. The van der Waals surface area contributed by atoms with Gasteiger partial charge in [-0.15, -0.1) is 0 Å². The van der Waals surface area contributed by atoms with Crippen molar-refractivity contribution in [2.24, 2.45) is 0 Å². The van der Waals surface area contributed by atoms with Crippen molar-refractivity contribution in [1.82, 2.24) is 13.9 Å². The van der Waals surface area contributed by atoms with Crippen molar-refractivity contribution in [3.05, 3.63) is 96.3 Å². The maximum atomic E-state index is 12.9. The Morgan fingerprint density at radius 3 is 2.21 bits per heavy atom. The predicted molar refractivity (Wildman–Crippen MR) is 115 cm³/mol. The average molecular weight is 406 g/mol. The molecule has 0 aliphatic heterocycles. The van der Waals surface area contributed by atoms with Crippen LogP contribution in [-0.4, -0.2) is 29.3 Å². The number of para-hydroxylation sites is 2. The summed E-state index contributed by atoms with van der Waals surface area (Å²) in [5.74, 6) is 0.740. The number of fused-ring (bicyclic) bond motifs is 1. The summed E-state index contributed by atoms with van der Waals surface area (Å²) in [6.45, 7) is 0.944. The first-order valence-corrected chi connectivity index (χ1v) is 11.0. The molecule has 4 aromatic rings. The van der Waals surface area contributed by atoms with Gasteiger partial charge in [-0.25, -0.2) is 13.4 Å². The Hall–Kier alpha value is -2.96. The lowest BCUT2D eigenvalue weighted by atomic mass is 10.1. The van der Waals surface area contributed by atoms with Crippen molar-refractivity contribution >= 4 is 21.1 Å². The minimum absolute atomic E-state index is 0.209. The Morgan fingerprint density at radius 2 is 1.48 bits per heavy atom. The summed E-state index contributed by atoms with van der Waals surface area (Å²) in [4.78, 5) is 5.02. The van der Waals surface area contributed by atoms with Gasteiger partial charge in [-0.3, -0.25) is 0 Å². The number of benzene rings is 3. The van der Waals surface area contributed by atoms with Gasteiger partial charge in [0.15, 0.2) is 0 Å². The molecule has 0 radical (unpaired) electrons. The Morgan fingerprint density at radius 1 is 0.862 bits per heavy atom. The summed E-state index contributed by atoms with van der Waals surface area (Å²) >= 11 is 0. The summed E-state index contributed by atoms with van der Waals surface area (Å²) in [6, 6.07) is 26.7. The van der Waals surface area contributed by atoms with E-state index in [4.69, 9.17) is 4.98 Å². The van der Waals surface area contributed by atoms with E-state index in [9.17, 15) is 8.42 Å². The number of nitrogens with zero attached hydrogens (tertiary/aromatic N) is 3. The Kier molecular flexibility index (Phi) is 5.47. The van der Waals surface area contributed by atoms with Gasteiger partial charge in [-0.05, 0) is 36.2 Å². The SMILES string of the molecule is CN(Cc1nc2ccccc2n1CCc1ccccc1)S(=O)(=O)c1ccccc1. The first kappa shape index (κ1) is 19.4. The monoisotopic (exact) mass is 405 g/mol. The summed E-state index contributed by atoms with van der Waals surface area (Å²) in [6.07, 6.45) is 0.851. The number of rotatable bonds is 7. The molecule has 0 fully saturated rings. The maximum Gasteiger partial charge on any atom is 0.243 e. The van der Waals surface area contributed by atoms with Crippen molar-refractivity contribution in [3.63, 3.8) is 0 Å². The maximum absolute atomic E-state index is 12.9. The van der Waals surface area contributed by atoms with Gasteiger partial charge in [0.2, 0.25) is 10.0 Å². The molecule has 1 aromatic heterocycles. The molecule has 29 heavy (non-hydrogen) atoms. The molecule has 0 amide bonds. The van der Waals surface area contributed by atoms with Gasteiger partial charge in [-0.2, -0.15) is 4.31 Å². The Labute approximate surface area is 171 Å². The minimum atomic E-state index is -3.58. The number of hydrogen-bond acceptors (Lipinski definition) is 3. The summed E-state index contributed by atoms with van der Waals surface area (Å²) in [5.41, 5.74) is 3.13. The topological polar surface area (TPSA) is 55.2 Å². The summed E-state index contributed by atoms with van der Waals surface area (Å²) in [7, 11) is -1.98. The zero-order valence-corrected chi connectivity index (χ0v) is 17.1. The predicted octanol–water partition coefficient (Wildman–Crippen LogP) is 4.10. The second kappa shape index (κ2) is 8.19. The number of hydrogen-bond donors (Lipinski definition) is 0. The van der Waals surface area contributed by atoms with Crippen LogP contribution in [0.1, 0.15) is 11.4 Å². The number of aryl methyl sites for hydroxylation is 2. The molecule has 0 spiro atoms. The highest BCUT2D eigenvalue weighted by Gasteiger charge is 2.23. The number of sulfonamides is 1. The molecule has 4 rings (SSSR count). The second-order valence-corrected chi connectivity index (χ2v) is 9.02. The van der Waals surface area contributed by atoms with E-state index in [1.54, 1.807) is 31.3 Å². The lowest BCUT2D eigenvalue weighted by molar-refractivity contribution is 0.447. The van der Waals surface area contributed by atoms with Crippen LogP contribution in [0.2, 0.25) is 0 Å². The highest BCUT2D eigenvalue weighted by Crippen LogP contribution is 2.21. The minimum Gasteiger partial charge on any atom is -0.327 e. The summed E-state index contributed by atoms with van der Waals surface area (Å²) < 4.78 is 29.4. The van der Waals surface area contributed by atoms with Crippen LogP contribution in [0.15, 0.2) is 89.8 Å². The first-order valence-electron chi connectivity index (χ1n) is 9.55. The summed E-state index contributed by atoms with van der Waals surface area (Å²) in [5, 5.41) is 0. The molecule has 0 saturated heterocycles. The molecule has 1 heterocycles. The second-order valence-electron chi connectivity index (χ2n) is 6.98. The molecule has 3 aromatic carbocycles. The van der Waals surface area contributed by atoms with E-state index in [0.717, 1.165) is 29.8 Å². The molecule has 0 atom stereocenters. The van der Waals surface area contributed by atoms with Crippen LogP contribution in [0.25, 0.3) is 11.0 Å². The Bertz CT molecular complexity index is 1200. The van der Waals surface area contributed by atoms with Gasteiger partial charge in [0.05, 0.1) is 22.5 Å². The molecule has 0 aliphatic carbocycles. The Balaban J connectivity index is 1.64. The zero-order chi connectivity index (χ0) is 20.3. The molecule has 5 nitrogen and oxygen atoms in total. The first-order chi connectivity index (χ1) is 14.1. The van der Waals surface area contributed by atoms with E-state index < -0.39 is 10.0 Å². The highest BCUT2D eigenvalue weighted by atomic mass is 32.2. The largest absolute Gasteiger partial charge is 0.327 e. The third-order valence-corrected chi connectivity index (χ3v) is 6.83. The van der Waals surface area contributed by atoms with Crippen LogP contribution < -0.4 is 0 Å². The molecule has 148 valence electrons. The van der Waals surface area contributed by atoms with Crippen LogP contribution in [0.5, 0.6) is 0 Å². The highest BCUT2D eigenvalue weighted by molar-refractivity contribution is 7.89. The van der Waals surface area contributed by atoms with E-state index in [0.29, 0.717) is 0 Å². The van der Waals surface area contributed by atoms with E-state index in [1.807, 2.05) is 48.5 Å². The van der Waals surface area contributed by atoms with Crippen molar-refractivity contribution in [3.8, 4) is 0 Å². The van der Waals surface area contributed by atoms with Crippen molar-refractivity contribution in [2.45, 2.75) is 24.4 Å². The third kappa shape index (κ3) is 4.09. The van der Waals surface area contributed by atoms with E-state index >= 15 is 0 Å². The van der Waals surface area contributed by atoms with Gasteiger partial charge < -0.3 is 4.57 Å². The van der Waals surface area contributed by atoms with Gasteiger partial charge >= 0.3 is 0 Å². The van der Waals surface area contributed by atoms with Crippen LogP contribution in [-0.2, 0) is 29.5 Å². The van der Waals surface area contributed by atoms with Crippen molar-refractivity contribution in [1.29, 1.82) is 0 Å². The smallest absolute Gasteiger partial charge is 0.243 e. The fraction of sp³-hybridized carbons (Fsp3) is 0.174. The fourth-order valence-corrected chi connectivity index (χ4v) is 4.58. The van der Waals surface area contributed by atoms with E-state index in [2.05, 4.69) is 16.7 Å². The average Bonchev–Trinajstić information content (AvgIpc) is 3.10. The molecule has 0 N–H and O–H groups in total. The quantitative estimate of drug-likeness (QED) is 0.465. The van der Waals surface area contributed by atoms with Gasteiger partial charge in [0, 0.05) is 13.6 Å². The van der Waals surface area contributed by atoms with Crippen LogP contribution >= 0.6 is 0 Å². The molecule has 6 heteroatoms. The lowest BCUT2D eigenvalue weighted by Gasteiger charge is -2.18. The van der Waals surface area contributed by atoms with Gasteiger partial charge in [-0.1, -0.05) is 60.7 Å². The van der Waals surface area contributed by atoms with Crippen LogP contribution in [0.4, 0.5) is 0 Å². The van der Waals surface area contributed by atoms with Crippen molar-refractivity contribution < 1.29 is 8.42 Å². The fourth-order valence-electron chi connectivity index (χ4n) is 3.44. The number of imidazole rings is 1. The normalized spacial score (nSPS) is 11.9. The van der Waals surface area contributed by atoms with Gasteiger partial charge in [0.1, 0.15) is 5.82 Å². The molecule has 0 bridgehead atoms. The van der Waals surface area contributed by atoms with Crippen molar-refractivity contribution in [2.75, 3.05) is 7.05 Å². The zero-order valence-electron chi connectivity index (χ0n) is 16.3. The van der Waals surface area contributed by atoms with Crippen LogP contribution in [0, 0.1) is 0 Å². The molecule has 0 saturated carbocycles. The molecular formula is C23H23N3O2S. The van der Waals surface area contributed by atoms with Crippen LogP contribution in [0.3, 0.4) is 0 Å². The standard InChI is InChI=1S/C23H23N3O2S/c1-25(29(27,28)20-12-6-3-7-13-20)18-23-24-21-14-8-9-15-22(21)26(23)17-16-19-10-4-2-5-11-19/h2-15H,16-18H2,1H3. The van der Waals surface area contributed by atoms with E-state index in [1.165, 1.54) is 9.87 Å². The molecule has 0 aliphatic rings. The molecular weight excluding hydrogens is 382 g/mol. The van der Waals surface area contributed by atoms with Gasteiger partial charge in [0.25, 0.3) is 0 Å².